The summed E-state index contributed by atoms with van der Waals surface area (Å²) in [7, 11) is 0. The lowest BCUT2D eigenvalue weighted by atomic mass is 10.2. The Labute approximate surface area is 120 Å². The van der Waals surface area contributed by atoms with Crippen LogP contribution in [0.25, 0.3) is 0 Å². The molecule has 2 rings (SSSR count). The number of hydrogen-bond donors (Lipinski definition) is 0. The van der Waals surface area contributed by atoms with Gasteiger partial charge in [0.2, 0.25) is 5.91 Å². The summed E-state index contributed by atoms with van der Waals surface area (Å²) in [6.45, 7) is 12.5. The Kier molecular flexibility index (Phi) is 4.95. The zero-order valence-corrected chi connectivity index (χ0v) is 12.5. The minimum atomic E-state index is 0.117. The Morgan fingerprint density at radius 3 is 2.60 bits per heavy atom. The molecule has 1 aliphatic rings. The summed E-state index contributed by atoms with van der Waals surface area (Å²) in [6.07, 6.45) is 4.17. The van der Waals surface area contributed by atoms with Crippen molar-refractivity contribution in [1.82, 2.24) is 19.6 Å². The van der Waals surface area contributed by atoms with E-state index in [2.05, 4.69) is 16.6 Å². The second-order valence-corrected chi connectivity index (χ2v) is 5.65. The van der Waals surface area contributed by atoms with Crippen molar-refractivity contribution in [2.24, 2.45) is 0 Å². The second kappa shape index (κ2) is 6.70. The largest absolute Gasteiger partial charge is 0.340 e. The molecule has 1 fully saturated rings. The van der Waals surface area contributed by atoms with Crippen molar-refractivity contribution in [3.05, 3.63) is 30.6 Å². The Bertz CT molecular complexity index is 446. The number of rotatable bonds is 5. The maximum Gasteiger partial charge on any atom is 0.224 e. The Balaban J connectivity index is 1.78. The first-order valence-corrected chi connectivity index (χ1v) is 7.20. The van der Waals surface area contributed by atoms with Gasteiger partial charge in [-0.1, -0.05) is 12.2 Å². The Morgan fingerprint density at radius 1 is 1.35 bits per heavy atom. The van der Waals surface area contributed by atoms with Gasteiger partial charge in [0.25, 0.3) is 0 Å². The molecule has 1 aromatic heterocycles. The van der Waals surface area contributed by atoms with E-state index in [9.17, 15) is 4.79 Å². The molecule has 0 aliphatic carbocycles. The molecular formula is C15H24N4O. The lowest BCUT2D eigenvalue weighted by Gasteiger charge is -2.35. The highest BCUT2D eigenvalue weighted by Gasteiger charge is 2.22. The Morgan fingerprint density at radius 2 is 2.05 bits per heavy atom. The zero-order chi connectivity index (χ0) is 14.5. The van der Waals surface area contributed by atoms with Crippen LogP contribution in [-0.2, 0) is 4.79 Å². The highest BCUT2D eigenvalue weighted by molar-refractivity contribution is 5.76. The van der Waals surface area contributed by atoms with Crippen LogP contribution < -0.4 is 0 Å². The van der Waals surface area contributed by atoms with E-state index in [1.54, 1.807) is 6.20 Å². The van der Waals surface area contributed by atoms with Gasteiger partial charge in [-0.3, -0.25) is 14.4 Å². The number of aromatic nitrogens is 2. The van der Waals surface area contributed by atoms with Crippen LogP contribution in [0.3, 0.4) is 0 Å². The first-order valence-electron chi connectivity index (χ1n) is 7.20. The first-order chi connectivity index (χ1) is 9.56. The lowest BCUT2D eigenvalue weighted by Crippen LogP contribution is -2.49. The summed E-state index contributed by atoms with van der Waals surface area (Å²) in [5, 5.41) is 4.19. The molecule has 1 aliphatic heterocycles. The summed E-state index contributed by atoms with van der Waals surface area (Å²) < 4.78 is 1.84. The number of piperazine rings is 1. The van der Waals surface area contributed by atoms with Crippen molar-refractivity contribution in [3.8, 4) is 0 Å². The highest BCUT2D eigenvalue weighted by Crippen LogP contribution is 2.13. The number of carbonyl (C=O) groups is 1. The predicted octanol–water partition coefficient (Wildman–Crippen LogP) is 1.55. The number of amides is 1. The van der Waals surface area contributed by atoms with Crippen molar-refractivity contribution in [2.75, 3.05) is 32.7 Å². The molecule has 1 aromatic rings. The summed E-state index contributed by atoms with van der Waals surface area (Å²) in [4.78, 5) is 16.6. The molecule has 1 atom stereocenters. The lowest BCUT2D eigenvalue weighted by molar-refractivity contribution is -0.133. The summed E-state index contributed by atoms with van der Waals surface area (Å²) in [6, 6.07) is 2.00. The monoisotopic (exact) mass is 276 g/mol. The van der Waals surface area contributed by atoms with Crippen LogP contribution in [0.5, 0.6) is 0 Å². The number of hydrogen-bond acceptors (Lipinski definition) is 3. The van der Waals surface area contributed by atoms with Gasteiger partial charge in [0.15, 0.2) is 0 Å². The molecule has 0 N–H and O–H groups in total. The molecule has 5 nitrogen and oxygen atoms in total. The third kappa shape index (κ3) is 3.93. The number of nitrogens with zero attached hydrogens (tertiary/aromatic N) is 4. The molecule has 0 bridgehead atoms. The molecule has 0 unspecified atom stereocenters. The predicted molar refractivity (Wildman–Crippen MR) is 79.4 cm³/mol. The SMILES string of the molecule is C=C(C)CN1CCN(C(=O)C[C@H](C)n2cccn2)CC1. The first kappa shape index (κ1) is 14.8. The van der Waals surface area contributed by atoms with Crippen LogP contribution in [0, 0.1) is 0 Å². The highest BCUT2D eigenvalue weighted by atomic mass is 16.2. The van der Waals surface area contributed by atoms with Crippen LogP contribution in [0.15, 0.2) is 30.6 Å². The van der Waals surface area contributed by atoms with E-state index in [-0.39, 0.29) is 11.9 Å². The van der Waals surface area contributed by atoms with Crippen molar-refractivity contribution in [2.45, 2.75) is 26.3 Å². The summed E-state index contributed by atoms with van der Waals surface area (Å²) in [5.41, 5.74) is 1.18. The van der Waals surface area contributed by atoms with E-state index in [4.69, 9.17) is 0 Å². The van der Waals surface area contributed by atoms with Gasteiger partial charge >= 0.3 is 0 Å². The van der Waals surface area contributed by atoms with E-state index in [1.807, 2.05) is 35.7 Å². The van der Waals surface area contributed by atoms with Gasteiger partial charge in [0, 0.05) is 51.5 Å². The van der Waals surface area contributed by atoms with Gasteiger partial charge in [-0.25, -0.2) is 0 Å². The quantitative estimate of drug-likeness (QED) is 0.766. The fourth-order valence-corrected chi connectivity index (χ4v) is 2.55. The molecule has 2 heterocycles. The smallest absolute Gasteiger partial charge is 0.224 e. The molecule has 0 spiro atoms. The molecule has 20 heavy (non-hydrogen) atoms. The topological polar surface area (TPSA) is 41.4 Å². The van der Waals surface area contributed by atoms with Crippen LogP contribution in [0.2, 0.25) is 0 Å². The third-order valence-electron chi connectivity index (χ3n) is 3.67. The summed E-state index contributed by atoms with van der Waals surface area (Å²) >= 11 is 0. The molecule has 110 valence electrons. The normalized spacial score (nSPS) is 18.0. The van der Waals surface area contributed by atoms with E-state index in [0.29, 0.717) is 6.42 Å². The van der Waals surface area contributed by atoms with Gasteiger partial charge in [-0.2, -0.15) is 5.10 Å². The van der Waals surface area contributed by atoms with Crippen LogP contribution in [-0.4, -0.2) is 58.2 Å². The van der Waals surface area contributed by atoms with Crippen molar-refractivity contribution < 1.29 is 4.79 Å². The van der Waals surface area contributed by atoms with Crippen molar-refractivity contribution in [1.29, 1.82) is 0 Å². The molecule has 0 radical (unpaired) electrons. The van der Waals surface area contributed by atoms with Gasteiger partial charge in [0.05, 0.1) is 6.04 Å². The molecule has 5 heteroatoms. The van der Waals surface area contributed by atoms with Gasteiger partial charge in [-0.05, 0) is 19.9 Å². The molecule has 0 saturated carbocycles. The van der Waals surface area contributed by atoms with Gasteiger partial charge in [-0.15, -0.1) is 0 Å². The number of carbonyl (C=O) groups excluding carboxylic acids is 1. The van der Waals surface area contributed by atoms with Crippen LogP contribution in [0.4, 0.5) is 0 Å². The van der Waals surface area contributed by atoms with Crippen molar-refractivity contribution >= 4 is 5.91 Å². The maximum atomic E-state index is 12.3. The second-order valence-electron chi connectivity index (χ2n) is 5.65. The van der Waals surface area contributed by atoms with Crippen LogP contribution >= 0.6 is 0 Å². The van der Waals surface area contributed by atoms with E-state index in [1.165, 1.54) is 5.57 Å². The Hall–Kier alpha value is -1.62. The fraction of sp³-hybridized carbons (Fsp3) is 0.600. The molecule has 1 saturated heterocycles. The minimum absolute atomic E-state index is 0.117. The third-order valence-corrected chi connectivity index (χ3v) is 3.67. The average molecular weight is 276 g/mol. The molecular weight excluding hydrogens is 252 g/mol. The molecule has 1 amide bonds. The fourth-order valence-electron chi connectivity index (χ4n) is 2.55. The van der Waals surface area contributed by atoms with Crippen molar-refractivity contribution in [3.63, 3.8) is 0 Å². The summed E-state index contributed by atoms with van der Waals surface area (Å²) in [5.74, 6) is 0.225. The van der Waals surface area contributed by atoms with E-state index >= 15 is 0 Å². The zero-order valence-electron chi connectivity index (χ0n) is 12.5. The maximum absolute atomic E-state index is 12.3. The van der Waals surface area contributed by atoms with Gasteiger partial charge in [0.1, 0.15) is 0 Å². The van der Waals surface area contributed by atoms with Crippen LogP contribution in [0.1, 0.15) is 26.3 Å². The average Bonchev–Trinajstić information content (AvgIpc) is 2.92. The van der Waals surface area contributed by atoms with E-state index < -0.39 is 0 Å². The molecule has 0 aromatic carbocycles. The standard InChI is InChI=1S/C15H24N4O/c1-13(2)12-17-7-9-18(10-8-17)15(20)11-14(3)19-6-4-5-16-19/h4-6,14H,1,7-12H2,2-3H3/t14-/m0/s1. The van der Waals surface area contributed by atoms with Gasteiger partial charge < -0.3 is 4.90 Å². The minimum Gasteiger partial charge on any atom is -0.340 e. The van der Waals surface area contributed by atoms with E-state index in [0.717, 1.165) is 32.7 Å².